The van der Waals surface area contributed by atoms with E-state index in [1.165, 1.54) is 6.34 Å². The number of hydrogen-bond acceptors (Lipinski definition) is 4. The summed E-state index contributed by atoms with van der Waals surface area (Å²) in [5, 5.41) is 13.2. The molecule has 0 heterocycles. The number of nitrogens with zero attached hydrogens (tertiary/aromatic N) is 1. The van der Waals surface area contributed by atoms with Gasteiger partial charge in [0.05, 0.1) is 18.1 Å². The molecule has 0 aliphatic rings. The summed E-state index contributed by atoms with van der Waals surface area (Å²) >= 11 is 0. The van der Waals surface area contributed by atoms with Gasteiger partial charge < -0.3 is 21.9 Å². The summed E-state index contributed by atoms with van der Waals surface area (Å²) in [6.45, 7) is 3.42. The Hall–Kier alpha value is -2.70. The van der Waals surface area contributed by atoms with Crippen LogP contribution in [0.1, 0.15) is 42.1 Å². The summed E-state index contributed by atoms with van der Waals surface area (Å²) in [5.74, 6) is -0.454. The summed E-state index contributed by atoms with van der Waals surface area (Å²) in [6.07, 6.45) is 3.54. The number of para-hydroxylation sites is 1. The highest BCUT2D eigenvalue weighted by Crippen LogP contribution is 2.33. The highest BCUT2D eigenvalue weighted by Gasteiger charge is 2.10. The Labute approximate surface area is 160 Å². The van der Waals surface area contributed by atoms with E-state index in [0.29, 0.717) is 12.1 Å². The third kappa shape index (κ3) is 5.91. The number of aliphatic hydroxyl groups excluding tert-OH is 1. The van der Waals surface area contributed by atoms with Crippen molar-refractivity contribution in [3.05, 3.63) is 53.6 Å². The number of nitrogens with one attached hydrogen (secondary N) is 1. The van der Waals surface area contributed by atoms with E-state index >= 15 is 0 Å². The van der Waals surface area contributed by atoms with Gasteiger partial charge in [0.25, 0.3) is 0 Å². The Balaban J connectivity index is 2.17. The fourth-order valence-corrected chi connectivity index (χ4v) is 2.98. The van der Waals surface area contributed by atoms with Gasteiger partial charge in [0.15, 0.2) is 0 Å². The Morgan fingerprint density at radius 1 is 1.22 bits per heavy atom. The number of carbonyl (C=O) groups is 1. The lowest BCUT2D eigenvalue weighted by Crippen LogP contribution is -2.20. The van der Waals surface area contributed by atoms with E-state index in [4.69, 9.17) is 11.5 Å². The van der Waals surface area contributed by atoms with Crippen LogP contribution < -0.4 is 16.8 Å². The fourth-order valence-electron chi connectivity index (χ4n) is 2.98. The van der Waals surface area contributed by atoms with E-state index in [1.54, 1.807) is 12.1 Å². The van der Waals surface area contributed by atoms with Gasteiger partial charge in [-0.15, -0.1) is 0 Å². The molecule has 2 aromatic carbocycles. The van der Waals surface area contributed by atoms with Gasteiger partial charge in [-0.2, -0.15) is 0 Å². The second-order valence-electron chi connectivity index (χ2n) is 6.44. The summed E-state index contributed by atoms with van der Waals surface area (Å²) in [4.78, 5) is 15.6. The smallest absolute Gasteiger partial charge is 0.248 e. The molecule has 1 unspecified atom stereocenters. The van der Waals surface area contributed by atoms with E-state index < -0.39 is 5.91 Å². The topological polar surface area (TPSA) is 114 Å². The van der Waals surface area contributed by atoms with Gasteiger partial charge in [0, 0.05) is 17.7 Å². The Kier molecular flexibility index (Phi) is 7.98. The molecule has 0 aliphatic carbocycles. The average Bonchev–Trinajstić information content (AvgIpc) is 2.66. The molecule has 2 rings (SSSR count). The quantitative estimate of drug-likeness (QED) is 0.293. The molecule has 0 spiro atoms. The molecule has 2 aromatic rings. The van der Waals surface area contributed by atoms with Crippen LogP contribution in [-0.4, -0.2) is 30.0 Å². The third-order valence-electron chi connectivity index (χ3n) is 4.40. The highest BCUT2D eigenvalue weighted by atomic mass is 16.3. The molecule has 0 fully saturated rings. The van der Waals surface area contributed by atoms with Gasteiger partial charge in [0.1, 0.15) is 0 Å². The first kappa shape index (κ1) is 20.6. The monoisotopic (exact) mass is 368 g/mol. The van der Waals surface area contributed by atoms with Crippen molar-refractivity contribution in [2.24, 2.45) is 16.5 Å². The SMILES string of the molecule is CCCC(O)CCNCc1cccc(-c2ccc(C(N)=O)cc2)c1N=CN. The lowest BCUT2D eigenvalue weighted by Gasteiger charge is -2.14. The van der Waals surface area contributed by atoms with Crippen LogP contribution >= 0.6 is 0 Å². The molecule has 0 aliphatic heterocycles. The maximum atomic E-state index is 11.3. The van der Waals surface area contributed by atoms with Gasteiger partial charge in [-0.1, -0.05) is 43.7 Å². The predicted molar refractivity (Wildman–Crippen MR) is 110 cm³/mol. The zero-order valence-corrected chi connectivity index (χ0v) is 15.7. The largest absolute Gasteiger partial charge is 0.393 e. The first-order chi connectivity index (χ1) is 13.1. The number of aliphatic hydroxyl groups is 1. The minimum atomic E-state index is -0.454. The number of nitrogens with two attached hydrogens (primary N) is 2. The van der Waals surface area contributed by atoms with Gasteiger partial charge >= 0.3 is 0 Å². The lowest BCUT2D eigenvalue weighted by atomic mass is 9.99. The molecule has 6 heteroatoms. The fraction of sp³-hybridized carbons (Fsp3) is 0.333. The van der Waals surface area contributed by atoms with Crippen LogP contribution in [0, 0.1) is 0 Å². The van der Waals surface area contributed by atoms with E-state index in [1.807, 2.05) is 30.3 Å². The molecular formula is C21H28N4O2. The van der Waals surface area contributed by atoms with Crippen molar-refractivity contribution in [2.75, 3.05) is 6.54 Å². The third-order valence-corrected chi connectivity index (χ3v) is 4.40. The van der Waals surface area contributed by atoms with Crippen LogP contribution in [0.3, 0.4) is 0 Å². The van der Waals surface area contributed by atoms with Crippen LogP contribution in [0.5, 0.6) is 0 Å². The number of amides is 1. The Morgan fingerprint density at radius 2 is 1.96 bits per heavy atom. The number of carbonyl (C=O) groups excluding carboxylic acids is 1. The van der Waals surface area contributed by atoms with Crippen LogP contribution in [0.2, 0.25) is 0 Å². The molecule has 144 valence electrons. The van der Waals surface area contributed by atoms with Crippen molar-refractivity contribution < 1.29 is 9.90 Å². The van der Waals surface area contributed by atoms with E-state index in [0.717, 1.165) is 48.2 Å². The van der Waals surface area contributed by atoms with Crippen LogP contribution in [-0.2, 0) is 6.54 Å². The predicted octanol–water partition coefficient (Wildman–Crippen LogP) is 2.71. The second-order valence-corrected chi connectivity index (χ2v) is 6.44. The van der Waals surface area contributed by atoms with Crippen molar-refractivity contribution >= 4 is 17.9 Å². The first-order valence-corrected chi connectivity index (χ1v) is 9.22. The van der Waals surface area contributed by atoms with Crippen LogP contribution in [0.25, 0.3) is 11.1 Å². The number of hydrogen-bond donors (Lipinski definition) is 4. The molecule has 6 N–H and O–H groups in total. The maximum Gasteiger partial charge on any atom is 0.248 e. The molecule has 1 atom stereocenters. The molecule has 0 bridgehead atoms. The molecule has 0 saturated carbocycles. The molecule has 0 aromatic heterocycles. The second kappa shape index (κ2) is 10.4. The zero-order chi connectivity index (χ0) is 19.6. The number of rotatable bonds is 10. The van der Waals surface area contributed by atoms with Crippen molar-refractivity contribution in [1.29, 1.82) is 0 Å². The summed E-state index contributed by atoms with van der Waals surface area (Å²) < 4.78 is 0. The Bertz CT molecular complexity index is 772. The van der Waals surface area contributed by atoms with E-state index in [-0.39, 0.29) is 6.10 Å². The molecule has 27 heavy (non-hydrogen) atoms. The van der Waals surface area contributed by atoms with E-state index in [2.05, 4.69) is 17.2 Å². The molecular weight excluding hydrogens is 340 g/mol. The summed E-state index contributed by atoms with van der Waals surface area (Å²) in [7, 11) is 0. The highest BCUT2D eigenvalue weighted by molar-refractivity contribution is 5.93. The summed E-state index contributed by atoms with van der Waals surface area (Å²) in [5.41, 5.74) is 15.0. The average molecular weight is 368 g/mol. The first-order valence-electron chi connectivity index (χ1n) is 9.22. The Morgan fingerprint density at radius 3 is 2.59 bits per heavy atom. The van der Waals surface area contributed by atoms with Gasteiger partial charge in [-0.05, 0) is 42.6 Å². The number of benzene rings is 2. The zero-order valence-electron chi connectivity index (χ0n) is 15.7. The minimum absolute atomic E-state index is 0.265. The van der Waals surface area contributed by atoms with Crippen molar-refractivity contribution in [3.63, 3.8) is 0 Å². The maximum absolute atomic E-state index is 11.3. The van der Waals surface area contributed by atoms with Crippen molar-refractivity contribution in [3.8, 4) is 11.1 Å². The molecule has 0 radical (unpaired) electrons. The number of aliphatic imine (C=N–C) groups is 1. The minimum Gasteiger partial charge on any atom is -0.393 e. The molecule has 1 amide bonds. The van der Waals surface area contributed by atoms with Crippen molar-refractivity contribution in [2.45, 2.75) is 38.8 Å². The summed E-state index contributed by atoms with van der Waals surface area (Å²) in [6, 6.07) is 13.0. The van der Waals surface area contributed by atoms with Gasteiger partial charge in [-0.3, -0.25) is 4.79 Å². The van der Waals surface area contributed by atoms with Gasteiger partial charge in [0.2, 0.25) is 5.91 Å². The molecule has 6 nitrogen and oxygen atoms in total. The van der Waals surface area contributed by atoms with E-state index in [9.17, 15) is 9.90 Å². The normalized spacial score (nSPS) is 12.4. The van der Waals surface area contributed by atoms with Gasteiger partial charge in [-0.25, -0.2) is 4.99 Å². The molecule has 0 saturated heterocycles. The van der Waals surface area contributed by atoms with Crippen molar-refractivity contribution in [1.82, 2.24) is 5.32 Å². The van der Waals surface area contributed by atoms with Crippen LogP contribution in [0.15, 0.2) is 47.5 Å². The number of primary amides is 1. The van der Waals surface area contributed by atoms with Crippen LogP contribution in [0.4, 0.5) is 5.69 Å². The standard InChI is InChI=1S/C21H28N4O2/c1-2-4-18(26)11-12-24-13-17-5-3-6-19(20(17)25-14-22)15-7-9-16(10-8-15)21(23)27/h3,5-10,14,18,24,26H,2,4,11-13H2,1H3,(H2,22,25)(H2,23,27). The lowest BCUT2D eigenvalue weighted by molar-refractivity contribution is 0.100.